The summed E-state index contributed by atoms with van der Waals surface area (Å²) >= 11 is 0. The first-order valence-electron chi connectivity index (χ1n) is 13.2. The van der Waals surface area contributed by atoms with E-state index in [9.17, 15) is 5.11 Å². The van der Waals surface area contributed by atoms with Gasteiger partial charge in [0.25, 0.3) is 0 Å². The molecule has 4 aliphatic carbocycles. The third-order valence-corrected chi connectivity index (χ3v) is 10.9. The molecule has 0 aromatic heterocycles. The van der Waals surface area contributed by atoms with Crippen molar-refractivity contribution in [2.24, 2.45) is 46.3 Å². The van der Waals surface area contributed by atoms with E-state index in [2.05, 4.69) is 54.5 Å². The summed E-state index contributed by atoms with van der Waals surface area (Å²) in [4.78, 5) is 0. The quantitative estimate of drug-likeness (QED) is 0.486. The molecule has 1 unspecified atom stereocenters. The number of hydrogen-bond acceptors (Lipinski definition) is 1. The standard InChI is InChI=1S/C29H48O/c1-18(2)19(3)8-9-20(4)23-12-13-25-22-10-11-24-21(5)27(30)15-17-29(24,7)26(22)14-16-28(23,25)6/h13,18-21,23-24,27,30H,8-12,14-17H2,1-7H3/t19-,20+,21-,23+,24?,27-,28+,29-/m0/s1. The lowest BCUT2D eigenvalue weighted by Crippen LogP contribution is -2.48. The fourth-order valence-electron chi connectivity index (χ4n) is 8.26. The Hall–Kier alpha value is -0.560. The van der Waals surface area contributed by atoms with Gasteiger partial charge in [-0.25, -0.2) is 0 Å². The number of aliphatic hydroxyl groups excluding tert-OH is 1. The van der Waals surface area contributed by atoms with Gasteiger partial charge in [0.05, 0.1) is 6.10 Å². The number of allylic oxidation sites excluding steroid dienone is 4. The molecule has 0 spiro atoms. The van der Waals surface area contributed by atoms with Gasteiger partial charge in [-0.15, -0.1) is 0 Å². The van der Waals surface area contributed by atoms with Crippen LogP contribution in [0, 0.1) is 46.3 Å². The Morgan fingerprint density at radius 1 is 1.00 bits per heavy atom. The molecule has 0 saturated heterocycles. The Labute approximate surface area is 186 Å². The molecule has 170 valence electrons. The van der Waals surface area contributed by atoms with Crippen LogP contribution in [0.25, 0.3) is 0 Å². The first kappa shape index (κ1) is 22.6. The molecule has 0 radical (unpaired) electrons. The van der Waals surface area contributed by atoms with Gasteiger partial charge in [0.2, 0.25) is 0 Å². The van der Waals surface area contributed by atoms with Crippen molar-refractivity contribution in [3.63, 3.8) is 0 Å². The molecule has 0 aliphatic heterocycles. The first-order chi connectivity index (χ1) is 14.1. The molecule has 0 heterocycles. The maximum Gasteiger partial charge on any atom is 0.0569 e. The average Bonchev–Trinajstić information content (AvgIpc) is 3.06. The summed E-state index contributed by atoms with van der Waals surface area (Å²) in [7, 11) is 0. The lowest BCUT2D eigenvalue weighted by atomic mass is 9.49. The summed E-state index contributed by atoms with van der Waals surface area (Å²) in [6.07, 6.45) is 14.1. The molecule has 1 saturated carbocycles. The summed E-state index contributed by atoms with van der Waals surface area (Å²) in [5.41, 5.74) is 6.09. The molecule has 0 bridgehead atoms. The largest absolute Gasteiger partial charge is 0.393 e. The van der Waals surface area contributed by atoms with Gasteiger partial charge in [-0.2, -0.15) is 0 Å². The lowest BCUT2D eigenvalue weighted by Gasteiger charge is -2.55. The second-order valence-electron chi connectivity index (χ2n) is 12.6. The van der Waals surface area contributed by atoms with E-state index < -0.39 is 0 Å². The second kappa shape index (κ2) is 8.09. The predicted octanol–water partition coefficient (Wildman–Crippen LogP) is 7.94. The predicted molar refractivity (Wildman–Crippen MR) is 128 cm³/mol. The van der Waals surface area contributed by atoms with Crippen LogP contribution in [0.15, 0.2) is 22.8 Å². The van der Waals surface area contributed by atoms with Gasteiger partial charge in [0.15, 0.2) is 0 Å². The molecule has 0 aromatic rings. The van der Waals surface area contributed by atoms with Gasteiger partial charge >= 0.3 is 0 Å². The molecule has 1 fully saturated rings. The van der Waals surface area contributed by atoms with E-state index in [4.69, 9.17) is 0 Å². The summed E-state index contributed by atoms with van der Waals surface area (Å²) in [6.45, 7) is 17.2. The van der Waals surface area contributed by atoms with Crippen molar-refractivity contribution >= 4 is 0 Å². The van der Waals surface area contributed by atoms with Gasteiger partial charge in [-0.05, 0) is 102 Å². The summed E-state index contributed by atoms with van der Waals surface area (Å²) in [6, 6.07) is 0. The van der Waals surface area contributed by atoms with Crippen molar-refractivity contribution in [2.75, 3.05) is 0 Å². The number of rotatable bonds is 5. The van der Waals surface area contributed by atoms with Gasteiger partial charge < -0.3 is 5.11 Å². The molecule has 8 atom stereocenters. The Bertz CT molecular complexity index is 714. The minimum absolute atomic E-state index is 0.0803. The van der Waals surface area contributed by atoms with Crippen molar-refractivity contribution in [3.05, 3.63) is 22.8 Å². The van der Waals surface area contributed by atoms with Gasteiger partial charge in [-0.1, -0.05) is 73.0 Å². The maximum atomic E-state index is 10.5. The highest BCUT2D eigenvalue weighted by atomic mass is 16.3. The van der Waals surface area contributed by atoms with Crippen LogP contribution in [-0.2, 0) is 0 Å². The van der Waals surface area contributed by atoms with Crippen LogP contribution in [0.5, 0.6) is 0 Å². The fourth-order valence-corrected chi connectivity index (χ4v) is 8.26. The van der Waals surface area contributed by atoms with Gasteiger partial charge in [0.1, 0.15) is 0 Å². The monoisotopic (exact) mass is 412 g/mol. The molecular formula is C29H48O. The highest BCUT2D eigenvalue weighted by Crippen LogP contribution is 2.64. The SMILES string of the molecule is CC(C)[C@@H](C)CC[C@@H](C)[C@H]1CC=C2C3=C(CC[C@@]21C)[C@@]1(C)CC[C@H](O)[C@@H](C)C1CC3. The molecule has 0 aromatic carbocycles. The molecule has 0 amide bonds. The zero-order valence-electron chi connectivity index (χ0n) is 20.9. The van der Waals surface area contributed by atoms with Crippen molar-refractivity contribution in [1.82, 2.24) is 0 Å². The third kappa shape index (κ3) is 3.46. The number of fused-ring (bicyclic) bond motifs is 4. The smallest absolute Gasteiger partial charge is 0.0569 e. The molecule has 4 aliphatic rings. The Kier molecular flexibility index (Phi) is 6.10. The Morgan fingerprint density at radius 3 is 2.43 bits per heavy atom. The Balaban J connectivity index is 1.55. The zero-order chi connectivity index (χ0) is 21.8. The molecule has 30 heavy (non-hydrogen) atoms. The van der Waals surface area contributed by atoms with Crippen LogP contribution in [0.4, 0.5) is 0 Å². The minimum Gasteiger partial charge on any atom is -0.393 e. The van der Waals surface area contributed by atoms with E-state index in [1.54, 1.807) is 11.1 Å². The summed E-state index contributed by atoms with van der Waals surface area (Å²) in [5, 5.41) is 10.5. The van der Waals surface area contributed by atoms with Crippen LogP contribution >= 0.6 is 0 Å². The van der Waals surface area contributed by atoms with Crippen molar-refractivity contribution in [2.45, 2.75) is 112 Å². The van der Waals surface area contributed by atoms with Crippen LogP contribution in [0.2, 0.25) is 0 Å². The van der Waals surface area contributed by atoms with Gasteiger partial charge in [-0.3, -0.25) is 0 Å². The van der Waals surface area contributed by atoms with E-state index in [1.165, 1.54) is 51.4 Å². The van der Waals surface area contributed by atoms with Crippen molar-refractivity contribution in [1.29, 1.82) is 0 Å². The Morgan fingerprint density at radius 2 is 1.73 bits per heavy atom. The van der Waals surface area contributed by atoms with Crippen LogP contribution < -0.4 is 0 Å². The van der Waals surface area contributed by atoms with E-state index in [0.717, 1.165) is 30.1 Å². The van der Waals surface area contributed by atoms with Crippen molar-refractivity contribution < 1.29 is 5.11 Å². The molecular weight excluding hydrogens is 364 g/mol. The second-order valence-corrected chi connectivity index (χ2v) is 12.6. The van der Waals surface area contributed by atoms with Crippen LogP contribution in [-0.4, -0.2) is 11.2 Å². The van der Waals surface area contributed by atoms with E-state index in [0.29, 0.717) is 22.7 Å². The van der Waals surface area contributed by atoms with E-state index >= 15 is 0 Å². The maximum absolute atomic E-state index is 10.5. The molecule has 1 heteroatoms. The van der Waals surface area contributed by atoms with Crippen molar-refractivity contribution in [3.8, 4) is 0 Å². The average molecular weight is 413 g/mol. The molecule has 1 nitrogen and oxygen atoms in total. The first-order valence-corrected chi connectivity index (χ1v) is 13.2. The highest BCUT2D eigenvalue weighted by Gasteiger charge is 2.54. The summed E-state index contributed by atoms with van der Waals surface area (Å²) in [5.74, 6) is 4.44. The van der Waals surface area contributed by atoms with Crippen LogP contribution in [0.3, 0.4) is 0 Å². The number of aliphatic hydroxyl groups is 1. The third-order valence-electron chi connectivity index (χ3n) is 10.9. The normalized spacial score (nSPS) is 43.0. The zero-order valence-corrected chi connectivity index (χ0v) is 20.9. The fraction of sp³-hybridized carbons (Fsp3) is 0.862. The molecule has 4 rings (SSSR count). The topological polar surface area (TPSA) is 20.2 Å². The van der Waals surface area contributed by atoms with Gasteiger partial charge in [0, 0.05) is 0 Å². The van der Waals surface area contributed by atoms with Crippen LogP contribution in [0.1, 0.15) is 106 Å². The summed E-state index contributed by atoms with van der Waals surface area (Å²) < 4.78 is 0. The van der Waals surface area contributed by atoms with E-state index in [-0.39, 0.29) is 6.10 Å². The lowest BCUT2D eigenvalue weighted by molar-refractivity contribution is -0.0287. The minimum atomic E-state index is -0.0803. The molecule has 1 N–H and O–H groups in total. The number of hydrogen-bond donors (Lipinski definition) is 1. The highest BCUT2D eigenvalue weighted by molar-refractivity contribution is 5.49. The van der Waals surface area contributed by atoms with E-state index in [1.807, 2.05) is 5.57 Å².